The van der Waals surface area contributed by atoms with Crippen molar-refractivity contribution in [3.05, 3.63) is 0 Å². The van der Waals surface area contributed by atoms with Crippen LogP contribution in [0, 0.1) is 0 Å². The first kappa shape index (κ1) is 12.3. The summed E-state index contributed by atoms with van der Waals surface area (Å²) in [6.45, 7) is 5.65. The quantitative estimate of drug-likeness (QED) is 0.674. The smallest absolute Gasteiger partial charge is 0.168 e. The number of ether oxygens (including phenoxy) is 4. The molecule has 2 aliphatic rings. The van der Waals surface area contributed by atoms with Gasteiger partial charge in [-0.2, -0.15) is 0 Å². The van der Waals surface area contributed by atoms with Crippen LogP contribution in [0.15, 0.2) is 0 Å². The summed E-state index contributed by atoms with van der Waals surface area (Å²) in [6, 6.07) is 0. The molecule has 16 heavy (non-hydrogen) atoms. The van der Waals surface area contributed by atoms with Crippen LogP contribution < -0.4 is 0 Å². The molecule has 0 N–H and O–H groups in total. The minimum atomic E-state index is -0.264. The van der Waals surface area contributed by atoms with E-state index in [4.69, 9.17) is 18.9 Å². The molecule has 0 amide bonds. The van der Waals surface area contributed by atoms with Crippen LogP contribution in [0.3, 0.4) is 0 Å². The highest BCUT2D eigenvalue weighted by molar-refractivity contribution is 4.82. The molecule has 0 aromatic rings. The van der Waals surface area contributed by atoms with Crippen LogP contribution in [0.2, 0.25) is 0 Å². The molecule has 2 rings (SSSR count). The number of hydrogen-bond acceptors (Lipinski definition) is 4. The average Bonchev–Trinajstić information content (AvgIpc) is 2.76. The third-order valence-corrected chi connectivity index (χ3v) is 3.29. The molecule has 1 heterocycles. The summed E-state index contributed by atoms with van der Waals surface area (Å²) in [5, 5.41) is 0. The maximum absolute atomic E-state index is 5.75. The molecule has 0 aromatic carbocycles. The van der Waals surface area contributed by atoms with Gasteiger partial charge in [0.1, 0.15) is 0 Å². The molecule has 94 valence electrons. The predicted molar refractivity (Wildman–Crippen MR) is 59.3 cm³/mol. The van der Waals surface area contributed by atoms with Gasteiger partial charge < -0.3 is 18.9 Å². The van der Waals surface area contributed by atoms with Gasteiger partial charge in [-0.15, -0.1) is 0 Å². The van der Waals surface area contributed by atoms with Crippen molar-refractivity contribution in [2.24, 2.45) is 0 Å². The van der Waals surface area contributed by atoms with Gasteiger partial charge in [0, 0.05) is 19.4 Å². The number of hydrogen-bond donors (Lipinski definition) is 0. The normalized spacial score (nSPS) is 25.3. The van der Waals surface area contributed by atoms with Crippen molar-refractivity contribution in [1.29, 1.82) is 0 Å². The maximum atomic E-state index is 5.75. The predicted octanol–water partition coefficient (Wildman–Crippen LogP) is 1.73. The Hall–Kier alpha value is -0.160. The Labute approximate surface area is 97.2 Å². The lowest BCUT2D eigenvalue weighted by atomic mass is 9.92. The van der Waals surface area contributed by atoms with Crippen LogP contribution in [-0.2, 0) is 18.9 Å². The van der Waals surface area contributed by atoms with Crippen LogP contribution in [0.25, 0.3) is 0 Å². The molecule has 1 aliphatic heterocycles. The summed E-state index contributed by atoms with van der Waals surface area (Å²) in [5.41, 5.74) is 0. The van der Waals surface area contributed by atoms with E-state index in [-0.39, 0.29) is 5.79 Å². The molecule has 0 bridgehead atoms. The minimum Gasteiger partial charge on any atom is -0.379 e. The first-order chi connectivity index (χ1) is 7.85. The van der Waals surface area contributed by atoms with Crippen molar-refractivity contribution < 1.29 is 18.9 Å². The van der Waals surface area contributed by atoms with Crippen LogP contribution in [-0.4, -0.2) is 44.9 Å². The fraction of sp³-hybridized carbons (Fsp3) is 1.00. The molecule has 0 aromatic heterocycles. The third kappa shape index (κ3) is 3.17. The Morgan fingerprint density at radius 1 is 1.12 bits per heavy atom. The van der Waals surface area contributed by atoms with Crippen molar-refractivity contribution in [1.82, 2.24) is 0 Å². The van der Waals surface area contributed by atoms with E-state index in [1.54, 1.807) is 0 Å². The molecular formula is C12H22O4. The molecule has 1 aliphatic carbocycles. The van der Waals surface area contributed by atoms with Crippen molar-refractivity contribution in [2.45, 2.75) is 44.5 Å². The summed E-state index contributed by atoms with van der Waals surface area (Å²) in [6.07, 6.45) is 4.36. The fourth-order valence-electron chi connectivity index (χ4n) is 2.40. The number of rotatable bonds is 5. The Bertz CT molecular complexity index is 191. The highest BCUT2D eigenvalue weighted by Crippen LogP contribution is 2.36. The summed E-state index contributed by atoms with van der Waals surface area (Å²) in [5.74, 6) is -0.264. The summed E-state index contributed by atoms with van der Waals surface area (Å²) < 4.78 is 22.3. The van der Waals surface area contributed by atoms with E-state index in [0.717, 1.165) is 45.5 Å². The van der Waals surface area contributed by atoms with Crippen molar-refractivity contribution in [3.63, 3.8) is 0 Å². The highest BCUT2D eigenvalue weighted by Gasteiger charge is 2.40. The molecule has 0 radical (unpaired) electrons. The maximum Gasteiger partial charge on any atom is 0.168 e. The monoisotopic (exact) mass is 230 g/mol. The topological polar surface area (TPSA) is 36.9 Å². The van der Waals surface area contributed by atoms with Gasteiger partial charge in [-0.3, -0.25) is 0 Å². The van der Waals surface area contributed by atoms with Gasteiger partial charge in [-0.05, 0) is 19.8 Å². The van der Waals surface area contributed by atoms with Crippen LogP contribution >= 0.6 is 0 Å². The third-order valence-electron chi connectivity index (χ3n) is 3.29. The van der Waals surface area contributed by atoms with Gasteiger partial charge in [0.2, 0.25) is 0 Å². The van der Waals surface area contributed by atoms with E-state index in [9.17, 15) is 0 Å². The van der Waals surface area contributed by atoms with Gasteiger partial charge >= 0.3 is 0 Å². The van der Waals surface area contributed by atoms with Gasteiger partial charge in [-0.25, -0.2) is 0 Å². The Balaban J connectivity index is 1.61. The first-order valence-corrected chi connectivity index (χ1v) is 6.32. The Kier molecular flexibility index (Phi) is 4.58. The standard InChI is InChI=1S/C12H22O4/c1-2-13-7-8-14-11-3-5-12(6-4-11)15-9-10-16-12/h11H,2-10H2,1H3. The van der Waals surface area contributed by atoms with Crippen molar-refractivity contribution >= 4 is 0 Å². The molecule has 2 fully saturated rings. The molecular weight excluding hydrogens is 208 g/mol. The summed E-state index contributed by atoms with van der Waals surface area (Å²) in [7, 11) is 0. The van der Waals surface area contributed by atoms with E-state index < -0.39 is 0 Å². The molecule has 1 saturated heterocycles. The SMILES string of the molecule is CCOCCOC1CCC2(CC1)OCCO2. The molecule has 4 heteroatoms. The fourth-order valence-corrected chi connectivity index (χ4v) is 2.40. The zero-order valence-corrected chi connectivity index (χ0v) is 10.1. The van der Waals surface area contributed by atoms with Gasteiger partial charge in [-0.1, -0.05) is 0 Å². The van der Waals surface area contributed by atoms with E-state index in [1.807, 2.05) is 6.92 Å². The van der Waals surface area contributed by atoms with Crippen molar-refractivity contribution in [2.75, 3.05) is 33.0 Å². The second-order valence-electron chi connectivity index (χ2n) is 4.37. The second-order valence-corrected chi connectivity index (χ2v) is 4.37. The molecule has 0 unspecified atom stereocenters. The summed E-state index contributed by atoms with van der Waals surface area (Å²) in [4.78, 5) is 0. The zero-order valence-electron chi connectivity index (χ0n) is 10.1. The van der Waals surface area contributed by atoms with E-state index in [1.165, 1.54) is 0 Å². The van der Waals surface area contributed by atoms with E-state index >= 15 is 0 Å². The van der Waals surface area contributed by atoms with Gasteiger partial charge in [0.15, 0.2) is 5.79 Å². The molecule has 1 saturated carbocycles. The van der Waals surface area contributed by atoms with Crippen molar-refractivity contribution in [3.8, 4) is 0 Å². The minimum absolute atomic E-state index is 0.264. The van der Waals surface area contributed by atoms with E-state index in [0.29, 0.717) is 19.3 Å². The lowest BCUT2D eigenvalue weighted by Crippen LogP contribution is -2.37. The Morgan fingerprint density at radius 2 is 1.81 bits per heavy atom. The van der Waals surface area contributed by atoms with E-state index in [2.05, 4.69) is 0 Å². The largest absolute Gasteiger partial charge is 0.379 e. The second kappa shape index (κ2) is 5.96. The first-order valence-electron chi connectivity index (χ1n) is 6.32. The molecule has 1 spiro atoms. The van der Waals surface area contributed by atoms with Crippen LogP contribution in [0.4, 0.5) is 0 Å². The summed E-state index contributed by atoms with van der Waals surface area (Å²) >= 11 is 0. The zero-order chi connectivity index (χ0) is 11.3. The lowest BCUT2D eigenvalue weighted by Gasteiger charge is -2.35. The Morgan fingerprint density at radius 3 is 2.44 bits per heavy atom. The average molecular weight is 230 g/mol. The van der Waals surface area contributed by atoms with Crippen LogP contribution in [0.5, 0.6) is 0 Å². The highest BCUT2D eigenvalue weighted by atomic mass is 16.7. The van der Waals surface area contributed by atoms with Gasteiger partial charge in [0.25, 0.3) is 0 Å². The molecule has 0 atom stereocenters. The van der Waals surface area contributed by atoms with Gasteiger partial charge in [0.05, 0.1) is 32.5 Å². The molecule has 4 nitrogen and oxygen atoms in total. The lowest BCUT2D eigenvalue weighted by molar-refractivity contribution is -0.192. The van der Waals surface area contributed by atoms with Crippen LogP contribution in [0.1, 0.15) is 32.6 Å².